The van der Waals surface area contributed by atoms with E-state index in [9.17, 15) is 9.59 Å². The second kappa shape index (κ2) is 8.03. The number of rotatable bonds is 2. The first-order valence-corrected chi connectivity index (χ1v) is 8.42. The normalized spacial score (nSPS) is 19.1. The van der Waals surface area contributed by atoms with Crippen LogP contribution in [0.4, 0.5) is 0 Å². The fourth-order valence-corrected chi connectivity index (χ4v) is 3.47. The topological polar surface area (TPSA) is 65.8 Å². The zero-order valence-electron chi connectivity index (χ0n) is 14.3. The van der Waals surface area contributed by atoms with Crippen LogP contribution in [0.5, 0.6) is 0 Å². The van der Waals surface area contributed by atoms with Gasteiger partial charge in [0.2, 0.25) is 5.91 Å². The molecule has 0 radical (unpaired) electrons. The maximum Gasteiger partial charge on any atom is 0.257 e. The minimum Gasteiger partial charge on any atom is -0.466 e. The van der Waals surface area contributed by atoms with Gasteiger partial charge in [-0.15, -0.1) is 12.4 Å². The predicted octanol–water partition coefficient (Wildman–Crippen LogP) is 1.60. The molecule has 1 N–H and O–H groups in total. The summed E-state index contributed by atoms with van der Waals surface area (Å²) in [7, 11) is 0. The molecule has 7 heteroatoms. The molecule has 24 heavy (non-hydrogen) atoms. The minimum absolute atomic E-state index is 0. The first-order valence-electron chi connectivity index (χ1n) is 8.42. The van der Waals surface area contributed by atoms with Crippen molar-refractivity contribution in [3.63, 3.8) is 0 Å². The van der Waals surface area contributed by atoms with Crippen molar-refractivity contribution >= 4 is 24.2 Å². The van der Waals surface area contributed by atoms with Crippen molar-refractivity contribution in [2.24, 2.45) is 5.92 Å². The molecule has 2 amide bonds. The molecule has 6 nitrogen and oxygen atoms in total. The Morgan fingerprint density at radius 1 is 1.08 bits per heavy atom. The van der Waals surface area contributed by atoms with E-state index in [0.29, 0.717) is 37.5 Å². The molecule has 3 rings (SSSR count). The first-order chi connectivity index (χ1) is 11.1. The molecule has 0 aliphatic carbocycles. The maximum atomic E-state index is 12.6. The molecule has 3 heterocycles. The molecule has 2 fully saturated rings. The number of halogens is 1. The predicted molar refractivity (Wildman–Crippen MR) is 93.5 cm³/mol. The van der Waals surface area contributed by atoms with Crippen LogP contribution in [0.15, 0.2) is 10.5 Å². The highest BCUT2D eigenvalue weighted by molar-refractivity contribution is 5.95. The second-order valence-electron chi connectivity index (χ2n) is 6.47. The molecule has 0 bridgehead atoms. The molecule has 2 aliphatic rings. The van der Waals surface area contributed by atoms with E-state index >= 15 is 0 Å². The van der Waals surface area contributed by atoms with Crippen LogP contribution in [0.25, 0.3) is 0 Å². The van der Waals surface area contributed by atoms with Gasteiger partial charge in [-0.25, -0.2) is 0 Å². The summed E-state index contributed by atoms with van der Waals surface area (Å²) in [5, 5.41) is 3.29. The molecular formula is C17H26ClN3O3. The Hall–Kier alpha value is -1.53. The van der Waals surface area contributed by atoms with Crippen LogP contribution in [0.2, 0.25) is 0 Å². The third-order valence-corrected chi connectivity index (χ3v) is 4.84. The van der Waals surface area contributed by atoms with E-state index in [0.717, 1.165) is 31.7 Å². The highest BCUT2D eigenvalue weighted by Crippen LogP contribution is 2.19. The summed E-state index contributed by atoms with van der Waals surface area (Å²) >= 11 is 0. The summed E-state index contributed by atoms with van der Waals surface area (Å²) in [6.45, 7) is 7.96. The molecular weight excluding hydrogens is 330 g/mol. The van der Waals surface area contributed by atoms with E-state index in [-0.39, 0.29) is 30.1 Å². The van der Waals surface area contributed by atoms with Gasteiger partial charge >= 0.3 is 0 Å². The van der Waals surface area contributed by atoms with E-state index in [1.54, 1.807) is 6.07 Å². The standard InChI is InChI=1S/C17H25N3O3.ClH/c1-12-11-15(13(2)23-12)17(22)20-9-7-19(8-10-20)16(21)14-3-5-18-6-4-14;/h11,14,18H,3-10H2,1-2H3;1H. The van der Waals surface area contributed by atoms with Crippen LogP contribution in [0, 0.1) is 19.8 Å². The zero-order valence-corrected chi connectivity index (χ0v) is 15.2. The minimum atomic E-state index is 0. The van der Waals surface area contributed by atoms with Gasteiger partial charge in [0.05, 0.1) is 5.56 Å². The number of carbonyl (C=O) groups is 2. The number of piperidine rings is 1. The smallest absolute Gasteiger partial charge is 0.257 e. The van der Waals surface area contributed by atoms with E-state index in [1.807, 2.05) is 23.6 Å². The Morgan fingerprint density at radius 3 is 2.21 bits per heavy atom. The lowest BCUT2D eigenvalue weighted by Gasteiger charge is -2.37. The number of nitrogens with one attached hydrogen (secondary N) is 1. The summed E-state index contributed by atoms with van der Waals surface area (Å²) in [5.41, 5.74) is 0.639. The quantitative estimate of drug-likeness (QED) is 0.875. The molecule has 1 aromatic rings. The average Bonchev–Trinajstić information content (AvgIpc) is 2.93. The van der Waals surface area contributed by atoms with E-state index in [1.165, 1.54) is 0 Å². The van der Waals surface area contributed by atoms with Gasteiger partial charge < -0.3 is 19.5 Å². The van der Waals surface area contributed by atoms with Crippen molar-refractivity contribution in [3.8, 4) is 0 Å². The van der Waals surface area contributed by atoms with Gasteiger partial charge in [-0.1, -0.05) is 0 Å². The zero-order chi connectivity index (χ0) is 16.4. The summed E-state index contributed by atoms with van der Waals surface area (Å²) in [4.78, 5) is 28.8. The van der Waals surface area contributed by atoms with Crippen LogP contribution >= 0.6 is 12.4 Å². The number of hydrogen-bond acceptors (Lipinski definition) is 4. The molecule has 0 atom stereocenters. The molecule has 134 valence electrons. The number of piperazine rings is 1. The number of amides is 2. The number of carbonyl (C=O) groups excluding carboxylic acids is 2. The van der Waals surface area contributed by atoms with Crippen molar-refractivity contribution in [2.45, 2.75) is 26.7 Å². The highest BCUT2D eigenvalue weighted by Gasteiger charge is 2.30. The van der Waals surface area contributed by atoms with E-state index in [2.05, 4.69) is 5.32 Å². The Morgan fingerprint density at radius 2 is 1.67 bits per heavy atom. The lowest BCUT2D eigenvalue weighted by molar-refractivity contribution is -0.137. The summed E-state index contributed by atoms with van der Waals surface area (Å²) < 4.78 is 5.45. The summed E-state index contributed by atoms with van der Waals surface area (Å²) in [6.07, 6.45) is 1.84. The van der Waals surface area contributed by atoms with Gasteiger partial charge in [-0.2, -0.15) is 0 Å². The van der Waals surface area contributed by atoms with Gasteiger partial charge in [-0.05, 0) is 45.8 Å². The van der Waals surface area contributed by atoms with Crippen LogP contribution in [0.3, 0.4) is 0 Å². The van der Waals surface area contributed by atoms with Crippen molar-refractivity contribution in [3.05, 3.63) is 23.2 Å². The average molecular weight is 356 g/mol. The molecule has 1 aromatic heterocycles. The van der Waals surface area contributed by atoms with Crippen LogP contribution in [-0.4, -0.2) is 60.9 Å². The van der Waals surface area contributed by atoms with Crippen LogP contribution in [0.1, 0.15) is 34.7 Å². The highest BCUT2D eigenvalue weighted by atomic mass is 35.5. The maximum absolute atomic E-state index is 12.6. The third kappa shape index (κ3) is 3.92. The van der Waals surface area contributed by atoms with Gasteiger partial charge in [0.1, 0.15) is 11.5 Å². The van der Waals surface area contributed by atoms with Crippen molar-refractivity contribution in [1.29, 1.82) is 0 Å². The van der Waals surface area contributed by atoms with Gasteiger partial charge in [0.15, 0.2) is 0 Å². The lowest BCUT2D eigenvalue weighted by Crippen LogP contribution is -2.52. The summed E-state index contributed by atoms with van der Waals surface area (Å²) in [5.74, 6) is 1.84. The number of aryl methyl sites for hydroxylation is 2. The third-order valence-electron chi connectivity index (χ3n) is 4.84. The van der Waals surface area contributed by atoms with Crippen LogP contribution in [-0.2, 0) is 4.79 Å². The van der Waals surface area contributed by atoms with Gasteiger partial charge in [0, 0.05) is 32.1 Å². The molecule has 0 aromatic carbocycles. The fourth-order valence-electron chi connectivity index (χ4n) is 3.47. The van der Waals surface area contributed by atoms with Crippen molar-refractivity contribution in [1.82, 2.24) is 15.1 Å². The molecule has 0 saturated carbocycles. The largest absolute Gasteiger partial charge is 0.466 e. The van der Waals surface area contributed by atoms with Gasteiger partial charge in [0.25, 0.3) is 5.91 Å². The SMILES string of the molecule is Cc1cc(C(=O)N2CCN(C(=O)C3CCNCC3)CC2)c(C)o1.Cl. The molecule has 2 aliphatic heterocycles. The second-order valence-corrected chi connectivity index (χ2v) is 6.47. The molecule has 0 unspecified atom stereocenters. The first kappa shape index (κ1) is 18.8. The van der Waals surface area contributed by atoms with E-state index < -0.39 is 0 Å². The molecule has 2 saturated heterocycles. The van der Waals surface area contributed by atoms with Crippen molar-refractivity contribution < 1.29 is 14.0 Å². The monoisotopic (exact) mass is 355 g/mol. The Bertz CT molecular complexity index is 588. The van der Waals surface area contributed by atoms with Gasteiger partial charge in [-0.3, -0.25) is 9.59 Å². The lowest BCUT2D eigenvalue weighted by atomic mass is 9.96. The number of hydrogen-bond donors (Lipinski definition) is 1. The van der Waals surface area contributed by atoms with E-state index in [4.69, 9.17) is 4.42 Å². The Balaban J connectivity index is 0.00000208. The number of furan rings is 1. The summed E-state index contributed by atoms with van der Waals surface area (Å²) in [6, 6.07) is 1.80. The Labute approximate surface area is 149 Å². The number of nitrogens with zero attached hydrogens (tertiary/aromatic N) is 2. The van der Waals surface area contributed by atoms with Crippen LogP contribution < -0.4 is 5.32 Å². The van der Waals surface area contributed by atoms with Crippen molar-refractivity contribution in [2.75, 3.05) is 39.3 Å². The Kier molecular flexibility index (Phi) is 6.29. The fraction of sp³-hybridized carbons (Fsp3) is 0.647. The molecule has 0 spiro atoms.